The van der Waals surface area contributed by atoms with Crippen LogP contribution in [0.1, 0.15) is 5.56 Å². The van der Waals surface area contributed by atoms with E-state index in [0.717, 1.165) is 5.56 Å². The SMILES string of the molecule is CNC(=O)CN1CCN(C(=O)CNC(=O)Cc2ccccc2)CC1. The van der Waals surface area contributed by atoms with E-state index in [1.807, 2.05) is 35.2 Å². The largest absolute Gasteiger partial charge is 0.358 e. The highest BCUT2D eigenvalue weighted by atomic mass is 16.2. The zero-order valence-corrected chi connectivity index (χ0v) is 14.0. The molecule has 0 bridgehead atoms. The van der Waals surface area contributed by atoms with Crippen molar-refractivity contribution in [3.8, 4) is 0 Å². The van der Waals surface area contributed by atoms with Gasteiger partial charge in [-0.05, 0) is 5.56 Å². The molecule has 7 nitrogen and oxygen atoms in total. The van der Waals surface area contributed by atoms with Crippen LogP contribution in [0.4, 0.5) is 0 Å². The molecule has 0 atom stereocenters. The Bertz CT molecular complexity index is 568. The summed E-state index contributed by atoms with van der Waals surface area (Å²) in [5.41, 5.74) is 0.922. The number of nitrogens with one attached hydrogen (secondary N) is 2. The fourth-order valence-electron chi connectivity index (χ4n) is 2.57. The standard InChI is InChI=1S/C17H24N4O3/c1-18-16(23)13-20-7-9-21(10-8-20)17(24)12-19-15(22)11-14-5-3-2-4-6-14/h2-6H,7-13H2,1H3,(H,18,23)(H,19,22). The van der Waals surface area contributed by atoms with Gasteiger partial charge in [-0.2, -0.15) is 0 Å². The number of carbonyl (C=O) groups is 3. The van der Waals surface area contributed by atoms with Crippen molar-refractivity contribution >= 4 is 17.7 Å². The van der Waals surface area contributed by atoms with Crippen LogP contribution in [0, 0.1) is 0 Å². The summed E-state index contributed by atoms with van der Waals surface area (Å²) < 4.78 is 0. The van der Waals surface area contributed by atoms with Gasteiger partial charge in [-0.1, -0.05) is 30.3 Å². The Labute approximate surface area is 142 Å². The number of carbonyl (C=O) groups excluding carboxylic acids is 3. The van der Waals surface area contributed by atoms with E-state index < -0.39 is 0 Å². The summed E-state index contributed by atoms with van der Waals surface area (Å²) in [5, 5.41) is 5.26. The predicted molar refractivity (Wildman–Crippen MR) is 90.2 cm³/mol. The van der Waals surface area contributed by atoms with Crippen LogP contribution in [0.15, 0.2) is 30.3 Å². The maximum Gasteiger partial charge on any atom is 0.242 e. The first-order chi connectivity index (χ1) is 11.6. The Kier molecular flexibility index (Phi) is 6.74. The first-order valence-electron chi connectivity index (χ1n) is 8.10. The highest BCUT2D eigenvalue weighted by Crippen LogP contribution is 2.02. The van der Waals surface area contributed by atoms with Crippen LogP contribution >= 0.6 is 0 Å². The lowest BCUT2D eigenvalue weighted by atomic mass is 10.1. The molecule has 2 rings (SSSR count). The first kappa shape index (κ1) is 17.9. The first-order valence-corrected chi connectivity index (χ1v) is 8.10. The van der Waals surface area contributed by atoms with Crippen LogP contribution in [0.3, 0.4) is 0 Å². The molecule has 7 heteroatoms. The van der Waals surface area contributed by atoms with Crippen LogP contribution in [0.2, 0.25) is 0 Å². The van der Waals surface area contributed by atoms with Crippen molar-refractivity contribution < 1.29 is 14.4 Å². The van der Waals surface area contributed by atoms with Crippen molar-refractivity contribution in [2.75, 3.05) is 46.3 Å². The number of piperazine rings is 1. The van der Waals surface area contributed by atoms with Crippen molar-refractivity contribution in [2.45, 2.75) is 6.42 Å². The number of hydrogen-bond acceptors (Lipinski definition) is 4. The zero-order valence-electron chi connectivity index (χ0n) is 14.0. The molecule has 0 radical (unpaired) electrons. The van der Waals surface area contributed by atoms with Crippen molar-refractivity contribution in [3.63, 3.8) is 0 Å². The van der Waals surface area contributed by atoms with E-state index in [9.17, 15) is 14.4 Å². The molecular formula is C17H24N4O3. The summed E-state index contributed by atoms with van der Waals surface area (Å²) >= 11 is 0. The van der Waals surface area contributed by atoms with E-state index in [-0.39, 0.29) is 30.7 Å². The summed E-state index contributed by atoms with van der Waals surface area (Å²) in [6, 6.07) is 9.42. The van der Waals surface area contributed by atoms with Gasteiger partial charge >= 0.3 is 0 Å². The molecule has 0 aliphatic carbocycles. The molecule has 130 valence electrons. The maximum atomic E-state index is 12.2. The normalized spacial score (nSPS) is 15.0. The lowest BCUT2D eigenvalue weighted by Crippen LogP contribution is -2.52. The smallest absolute Gasteiger partial charge is 0.242 e. The summed E-state index contributed by atoms with van der Waals surface area (Å²) in [6.07, 6.45) is 0.272. The number of amides is 3. The van der Waals surface area contributed by atoms with E-state index in [1.165, 1.54) is 0 Å². The van der Waals surface area contributed by atoms with Crippen molar-refractivity contribution in [1.82, 2.24) is 20.4 Å². The van der Waals surface area contributed by atoms with E-state index in [4.69, 9.17) is 0 Å². The van der Waals surface area contributed by atoms with Crippen LogP contribution < -0.4 is 10.6 Å². The highest BCUT2D eigenvalue weighted by Gasteiger charge is 2.22. The fraction of sp³-hybridized carbons (Fsp3) is 0.471. The quantitative estimate of drug-likeness (QED) is 0.717. The Morgan fingerprint density at radius 3 is 2.29 bits per heavy atom. The molecule has 1 aromatic rings. The van der Waals surface area contributed by atoms with Gasteiger partial charge in [0.1, 0.15) is 0 Å². The van der Waals surface area contributed by atoms with Crippen LogP contribution in [-0.2, 0) is 20.8 Å². The monoisotopic (exact) mass is 332 g/mol. The molecule has 24 heavy (non-hydrogen) atoms. The Balaban J connectivity index is 1.68. The molecule has 1 aliphatic heterocycles. The van der Waals surface area contributed by atoms with E-state index >= 15 is 0 Å². The van der Waals surface area contributed by atoms with Gasteiger partial charge in [-0.3, -0.25) is 19.3 Å². The molecule has 1 heterocycles. The highest BCUT2D eigenvalue weighted by molar-refractivity contribution is 5.85. The molecule has 1 aromatic carbocycles. The molecule has 0 aromatic heterocycles. The summed E-state index contributed by atoms with van der Waals surface area (Å²) in [4.78, 5) is 39.1. The van der Waals surface area contributed by atoms with Crippen LogP contribution in [-0.4, -0.2) is 73.8 Å². The Hall–Kier alpha value is -2.41. The zero-order chi connectivity index (χ0) is 17.4. The molecule has 1 fully saturated rings. The molecule has 0 unspecified atom stereocenters. The topological polar surface area (TPSA) is 81.8 Å². The number of likely N-dealkylation sites (N-methyl/N-ethyl adjacent to an activating group) is 1. The summed E-state index contributed by atoms with van der Waals surface area (Å²) in [7, 11) is 1.61. The minimum atomic E-state index is -0.159. The van der Waals surface area contributed by atoms with Gasteiger partial charge in [0.05, 0.1) is 19.5 Å². The minimum absolute atomic E-state index is 0.0150. The van der Waals surface area contributed by atoms with Gasteiger partial charge in [-0.25, -0.2) is 0 Å². The minimum Gasteiger partial charge on any atom is -0.358 e. The van der Waals surface area contributed by atoms with E-state index in [0.29, 0.717) is 32.7 Å². The lowest BCUT2D eigenvalue weighted by molar-refractivity contribution is -0.134. The summed E-state index contributed by atoms with van der Waals surface area (Å²) in [5.74, 6) is -0.272. The second-order valence-corrected chi connectivity index (χ2v) is 5.77. The van der Waals surface area contributed by atoms with Crippen molar-refractivity contribution in [1.29, 1.82) is 0 Å². The summed E-state index contributed by atoms with van der Waals surface area (Å²) in [6.45, 7) is 2.84. The van der Waals surface area contributed by atoms with E-state index in [2.05, 4.69) is 10.6 Å². The molecule has 2 N–H and O–H groups in total. The Morgan fingerprint density at radius 1 is 1.00 bits per heavy atom. The number of rotatable bonds is 6. The average Bonchev–Trinajstić information content (AvgIpc) is 2.61. The van der Waals surface area contributed by atoms with Gasteiger partial charge in [0, 0.05) is 33.2 Å². The fourth-order valence-corrected chi connectivity index (χ4v) is 2.57. The number of nitrogens with zero attached hydrogens (tertiary/aromatic N) is 2. The third-order valence-corrected chi connectivity index (χ3v) is 4.02. The molecule has 3 amide bonds. The van der Waals surface area contributed by atoms with Crippen LogP contribution in [0.5, 0.6) is 0 Å². The third-order valence-electron chi connectivity index (χ3n) is 4.02. The second kappa shape index (κ2) is 9.02. The van der Waals surface area contributed by atoms with Gasteiger partial charge in [0.15, 0.2) is 0 Å². The van der Waals surface area contributed by atoms with Crippen LogP contribution in [0.25, 0.3) is 0 Å². The second-order valence-electron chi connectivity index (χ2n) is 5.77. The van der Waals surface area contributed by atoms with Gasteiger partial charge < -0.3 is 15.5 Å². The van der Waals surface area contributed by atoms with Gasteiger partial charge in [0.2, 0.25) is 17.7 Å². The predicted octanol–water partition coefficient (Wildman–Crippen LogP) is -0.764. The molecule has 0 spiro atoms. The molecule has 1 saturated heterocycles. The average molecular weight is 332 g/mol. The molecule has 1 aliphatic rings. The van der Waals surface area contributed by atoms with E-state index in [1.54, 1.807) is 11.9 Å². The lowest BCUT2D eigenvalue weighted by Gasteiger charge is -2.34. The van der Waals surface area contributed by atoms with Crippen molar-refractivity contribution in [2.24, 2.45) is 0 Å². The number of hydrogen-bond donors (Lipinski definition) is 2. The van der Waals surface area contributed by atoms with Gasteiger partial charge in [-0.15, -0.1) is 0 Å². The molecule has 0 saturated carbocycles. The number of benzene rings is 1. The maximum absolute atomic E-state index is 12.2. The van der Waals surface area contributed by atoms with Gasteiger partial charge in [0.25, 0.3) is 0 Å². The third kappa shape index (κ3) is 5.66. The Morgan fingerprint density at radius 2 is 1.67 bits per heavy atom. The van der Waals surface area contributed by atoms with Crippen molar-refractivity contribution in [3.05, 3.63) is 35.9 Å². The molecular weight excluding hydrogens is 308 g/mol.